The van der Waals surface area contributed by atoms with Crippen molar-refractivity contribution in [3.8, 4) is 11.5 Å². The predicted molar refractivity (Wildman–Crippen MR) is 148 cm³/mol. The highest BCUT2D eigenvalue weighted by atomic mass is 127. The van der Waals surface area contributed by atoms with E-state index in [4.69, 9.17) is 9.47 Å². The Bertz CT molecular complexity index is 711. The summed E-state index contributed by atoms with van der Waals surface area (Å²) in [5, 5.41) is 7.18. The number of hydrogen-bond acceptors (Lipinski definition) is 6. The van der Waals surface area contributed by atoms with Crippen LogP contribution in [0.15, 0.2) is 23.2 Å². The normalized spacial score (nSPS) is 19.5. The molecule has 0 aliphatic carbocycles. The van der Waals surface area contributed by atoms with Crippen LogP contribution in [0.3, 0.4) is 0 Å². The topological polar surface area (TPSA) is 64.6 Å². The largest absolute Gasteiger partial charge is 0.497 e. The van der Waals surface area contributed by atoms with Crippen molar-refractivity contribution in [1.82, 2.24) is 20.4 Å². The Morgan fingerprint density at radius 3 is 2.15 bits per heavy atom. The van der Waals surface area contributed by atoms with Gasteiger partial charge in [0.15, 0.2) is 5.96 Å². The first-order valence-electron chi connectivity index (χ1n) is 12.0. The van der Waals surface area contributed by atoms with E-state index in [1.165, 1.54) is 13.1 Å². The summed E-state index contributed by atoms with van der Waals surface area (Å²) in [5.41, 5.74) is 1.15. The van der Waals surface area contributed by atoms with Crippen molar-refractivity contribution in [3.63, 3.8) is 0 Å². The molecule has 3 rings (SSSR count). The van der Waals surface area contributed by atoms with Crippen molar-refractivity contribution in [2.75, 3.05) is 78.5 Å². The van der Waals surface area contributed by atoms with E-state index in [0.717, 1.165) is 75.3 Å². The van der Waals surface area contributed by atoms with Crippen LogP contribution < -0.4 is 25.0 Å². The van der Waals surface area contributed by atoms with Crippen LogP contribution in [-0.4, -0.2) is 101 Å². The highest BCUT2D eigenvalue weighted by molar-refractivity contribution is 14.0. The summed E-state index contributed by atoms with van der Waals surface area (Å²) in [6.45, 7) is 13.2. The molecular formula is C24H43IN6O2. The van der Waals surface area contributed by atoms with Gasteiger partial charge in [0, 0.05) is 88.8 Å². The molecule has 0 spiro atoms. The summed E-state index contributed by atoms with van der Waals surface area (Å²) in [6.07, 6.45) is 2.13. The number of hydrogen-bond donors (Lipinski definition) is 2. The first kappa shape index (κ1) is 27.8. The van der Waals surface area contributed by atoms with E-state index in [-0.39, 0.29) is 24.0 Å². The van der Waals surface area contributed by atoms with Gasteiger partial charge in [-0.25, -0.2) is 0 Å². The number of ether oxygens (including phenoxy) is 2. The number of nitrogens with zero attached hydrogens (tertiary/aromatic N) is 4. The molecule has 0 radical (unpaired) electrons. The summed E-state index contributed by atoms with van der Waals surface area (Å²) in [6, 6.07) is 7.00. The van der Waals surface area contributed by atoms with E-state index < -0.39 is 0 Å². The second-order valence-electron chi connectivity index (χ2n) is 8.75. The molecule has 1 unspecified atom stereocenters. The molecule has 9 heteroatoms. The molecule has 33 heavy (non-hydrogen) atoms. The smallest absolute Gasteiger partial charge is 0.191 e. The minimum atomic E-state index is 0. The van der Waals surface area contributed by atoms with E-state index in [2.05, 4.69) is 56.3 Å². The van der Waals surface area contributed by atoms with Crippen LogP contribution in [0.4, 0.5) is 5.69 Å². The molecule has 1 aromatic rings. The lowest BCUT2D eigenvalue weighted by molar-refractivity contribution is 0.107. The van der Waals surface area contributed by atoms with Gasteiger partial charge in [0.25, 0.3) is 0 Å². The fraction of sp³-hybridized carbons (Fsp3) is 0.708. The number of rotatable bonds is 8. The lowest BCUT2D eigenvalue weighted by Gasteiger charge is -2.38. The van der Waals surface area contributed by atoms with Gasteiger partial charge in [-0.2, -0.15) is 0 Å². The lowest BCUT2D eigenvalue weighted by atomic mass is 10.0. The first-order chi connectivity index (χ1) is 15.6. The van der Waals surface area contributed by atoms with Gasteiger partial charge in [-0.1, -0.05) is 6.92 Å². The lowest BCUT2D eigenvalue weighted by Crippen LogP contribution is -2.54. The number of halogens is 1. The predicted octanol–water partition coefficient (Wildman–Crippen LogP) is 2.48. The Balaban J connectivity index is 0.00000385. The molecule has 0 aromatic heterocycles. The minimum absolute atomic E-state index is 0. The zero-order chi connectivity index (χ0) is 22.9. The minimum Gasteiger partial charge on any atom is -0.497 e. The summed E-state index contributed by atoms with van der Waals surface area (Å²) in [5.74, 6) is 2.56. The van der Waals surface area contributed by atoms with Crippen molar-refractivity contribution in [2.24, 2.45) is 4.99 Å². The maximum absolute atomic E-state index is 5.43. The Morgan fingerprint density at radius 1 is 1.03 bits per heavy atom. The summed E-state index contributed by atoms with van der Waals surface area (Å²) in [4.78, 5) is 12.0. The van der Waals surface area contributed by atoms with Gasteiger partial charge in [0.05, 0.1) is 14.2 Å². The van der Waals surface area contributed by atoms with Gasteiger partial charge in [0.2, 0.25) is 0 Å². The SMILES string of the molecule is CCN1CCN(C(C)CNC(=NC)NC2CCN(c3cc(OC)cc(OC)c3)CC2)CC1.I. The number of anilines is 1. The van der Waals surface area contributed by atoms with Gasteiger partial charge in [0.1, 0.15) is 11.5 Å². The van der Waals surface area contributed by atoms with Crippen molar-refractivity contribution >= 4 is 35.6 Å². The molecular weight excluding hydrogens is 531 g/mol. The Labute approximate surface area is 217 Å². The third kappa shape index (κ3) is 8.06. The van der Waals surface area contributed by atoms with Gasteiger partial charge in [-0.15, -0.1) is 24.0 Å². The van der Waals surface area contributed by atoms with Gasteiger partial charge in [-0.3, -0.25) is 9.89 Å². The Morgan fingerprint density at radius 2 is 1.64 bits per heavy atom. The quantitative estimate of drug-likeness (QED) is 0.281. The number of methoxy groups -OCH3 is 2. The van der Waals surface area contributed by atoms with Gasteiger partial charge >= 0.3 is 0 Å². The second-order valence-corrected chi connectivity index (χ2v) is 8.75. The number of likely N-dealkylation sites (N-methyl/N-ethyl adjacent to an activating group) is 1. The molecule has 2 saturated heterocycles. The van der Waals surface area contributed by atoms with Gasteiger partial charge < -0.3 is 29.9 Å². The van der Waals surface area contributed by atoms with Crippen LogP contribution in [0.25, 0.3) is 0 Å². The monoisotopic (exact) mass is 574 g/mol. The zero-order valence-electron chi connectivity index (χ0n) is 21.0. The molecule has 2 fully saturated rings. The van der Waals surface area contributed by atoms with Crippen LogP contribution in [0.5, 0.6) is 11.5 Å². The fourth-order valence-electron chi connectivity index (χ4n) is 4.54. The third-order valence-electron chi connectivity index (χ3n) is 6.80. The molecule has 0 amide bonds. The number of piperazine rings is 1. The number of benzene rings is 1. The molecule has 188 valence electrons. The molecule has 2 aliphatic heterocycles. The molecule has 8 nitrogen and oxygen atoms in total. The van der Waals surface area contributed by atoms with Crippen molar-refractivity contribution in [3.05, 3.63) is 18.2 Å². The summed E-state index contributed by atoms with van der Waals surface area (Å²) in [7, 11) is 5.25. The van der Waals surface area contributed by atoms with E-state index in [0.29, 0.717) is 12.1 Å². The summed E-state index contributed by atoms with van der Waals surface area (Å²) < 4.78 is 10.9. The molecule has 0 bridgehead atoms. The highest BCUT2D eigenvalue weighted by Crippen LogP contribution is 2.30. The van der Waals surface area contributed by atoms with Crippen LogP contribution >= 0.6 is 24.0 Å². The second kappa shape index (κ2) is 14.1. The van der Waals surface area contributed by atoms with Crippen molar-refractivity contribution in [2.45, 2.75) is 38.8 Å². The van der Waals surface area contributed by atoms with Crippen LogP contribution in [0, 0.1) is 0 Å². The Hall–Kier alpha value is -1.46. The third-order valence-corrected chi connectivity index (χ3v) is 6.80. The molecule has 1 aromatic carbocycles. The van der Waals surface area contributed by atoms with Crippen LogP contribution in [0.2, 0.25) is 0 Å². The maximum atomic E-state index is 5.43. The molecule has 2 heterocycles. The molecule has 2 N–H and O–H groups in total. The zero-order valence-corrected chi connectivity index (χ0v) is 23.3. The number of piperidine rings is 1. The standard InChI is InChI=1S/C24H42N6O2.HI/c1-6-28-11-13-29(14-12-28)19(2)18-26-24(25-3)27-20-7-9-30(10-8-20)21-15-22(31-4)17-23(16-21)32-5;/h15-17,19-20H,6-14,18H2,1-5H3,(H2,25,26,27);1H. The number of guanidine groups is 1. The average molecular weight is 575 g/mol. The van der Waals surface area contributed by atoms with Gasteiger partial charge in [-0.05, 0) is 26.3 Å². The van der Waals surface area contributed by atoms with Crippen LogP contribution in [-0.2, 0) is 0 Å². The highest BCUT2D eigenvalue weighted by Gasteiger charge is 2.23. The van der Waals surface area contributed by atoms with Crippen molar-refractivity contribution in [1.29, 1.82) is 0 Å². The van der Waals surface area contributed by atoms with E-state index >= 15 is 0 Å². The molecule has 2 aliphatic rings. The number of nitrogens with one attached hydrogen (secondary N) is 2. The summed E-state index contributed by atoms with van der Waals surface area (Å²) >= 11 is 0. The Kier molecular flexibility index (Phi) is 11.8. The van der Waals surface area contributed by atoms with Crippen molar-refractivity contribution < 1.29 is 9.47 Å². The maximum Gasteiger partial charge on any atom is 0.191 e. The first-order valence-corrected chi connectivity index (χ1v) is 12.0. The molecule has 0 saturated carbocycles. The number of aliphatic imine (C=N–C) groups is 1. The molecule has 1 atom stereocenters. The fourth-order valence-corrected chi connectivity index (χ4v) is 4.54. The van der Waals surface area contributed by atoms with Crippen LogP contribution in [0.1, 0.15) is 26.7 Å². The van der Waals surface area contributed by atoms with E-state index in [1.54, 1.807) is 14.2 Å². The van der Waals surface area contributed by atoms with E-state index in [9.17, 15) is 0 Å². The average Bonchev–Trinajstić information content (AvgIpc) is 2.86. The van der Waals surface area contributed by atoms with E-state index in [1.807, 2.05) is 13.1 Å².